The van der Waals surface area contributed by atoms with Gasteiger partial charge in [-0.05, 0) is 30.7 Å². The molecule has 1 unspecified atom stereocenters. The Bertz CT molecular complexity index is 374. The lowest BCUT2D eigenvalue weighted by molar-refractivity contribution is 0.101. The van der Waals surface area contributed by atoms with Crippen LogP contribution in [0.4, 0.5) is 0 Å². The predicted octanol–water partition coefficient (Wildman–Crippen LogP) is 2.59. The molecule has 0 spiro atoms. The first-order valence-electron chi connectivity index (χ1n) is 4.57. The van der Waals surface area contributed by atoms with E-state index in [1.165, 1.54) is 0 Å². The SMILES string of the molecule is CC(=O)c1ccc2c(c1)CC(CBr)O2. The largest absolute Gasteiger partial charge is 0.489 e. The van der Waals surface area contributed by atoms with Crippen molar-refractivity contribution >= 4 is 21.7 Å². The maximum Gasteiger partial charge on any atom is 0.159 e. The highest BCUT2D eigenvalue weighted by molar-refractivity contribution is 9.09. The molecule has 2 nitrogen and oxygen atoms in total. The third kappa shape index (κ3) is 1.69. The van der Waals surface area contributed by atoms with Crippen molar-refractivity contribution in [1.29, 1.82) is 0 Å². The number of rotatable bonds is 2. The van der Waals surface area contributed by atoms with Gasteiger partial charge in [0.2, 0.25) is 0 Å². The molecule has 1 heterocycles. The van der Waals surface area contributed by atoms with E-state index < -0.39 is 0 Å². The van der Waals surface area contributed by atoms with Gasteiger partial charge in [-0.2, -0.15) is 0 Å². The van der Waals surface area contributed by atoms with Crippen LogP contribution in [0.1, 0.15) is 22.8 Å². The minimum absolute atomic E-state index is 0.107. The highest BCUT2D eigenvalue weighted by Gasteiger charge is 2.22. The van der Waals surface area contributed by atoms with Gasteiger partial charge in [0.1, 0.15) is 11.9 Å². The number of carbonyl (C=O) groups excluding carboxylic acids is 1. The Morgan fingerprint density at radius 2 is 2.43 bits per heavy atom. The summed E-state index contributed by atoms with van der Waals surface area (Å²) in [5.41, 5.74) is 1.91. The van der Waals surface area contributed by atoms with Crippen LogP contribution in [0, 0.1) is 0 Å². The van der Waals surface area contributed by atoms with E-state index >= 15 is 0 Å². The van der Waals surface area contributed by atoms with Crippen LogP contribution in [-0.2, 0) is 6.42 Å². The fraction of sp³-hybridized carbons (Fsp3) is 0.364. The molecule has 2 rings (SSSR count). The van der Waals surface area contributed by atoms with E-state index in [-0.39, 0.29) is 11.9 Å². The van der Waals surface area contributed by atoms with Crippen LogP contribution in [0.2, 0.25) is 0 Å². The first kappa shape index (κ1) is 9.71. The molecule has 0 radical (unpaired) electrons. The van der Waals surface area contributed by atoms with Gasteiger partial charge in [-0.1, -0.05) is 15.9 Å². The zero-order chi connectivity index (χ0) is 10.1. The van der Waals surface area contributed by atoms with Crippen LogP contribution in [0.5, 0.6) is 5.75 Å². The Morgan fingerprint density at radius 3 is 3.07 bits per heavy atom. The molecule has 0 saturated heterocycles. The summed E-state index contributed by atoms with van der Waals surface area (Å²) in [4.78, 5) is 11.1. The molecule has 0 fully saturated rings. The van der Waals surface area contributed by atoms with Crippen molar-refractivity contribution in [2.75, 3.05) is 5.33 Å². The number of fused-ring (bicyclic) bond motifs is 1. The van der Waals surface area contributed by atoms with E-state index in [1.54, 1.807) is 6.92 Å². The smallest absolute Gasteiger partial charge is 0.159 e. The monoisotopic (exact) mass is 254 g/mol. The number of alkyl halides is 1. The van der Waals surface area contributed by atoms with Crippen LogP contribution in [0.3, 0.4) is 0 Å². The second-order valence-corrected chi connectivity index (χ2v) is 4.12. The molecule has 1 aliphatic heterocycles. The Balaban J connectivity index is 2.31. The minimum atomic E-state index is 0.107. The summed E-state index contributed by atoms with van der Waals surface area (Å²) in [5.74, 6) is 1.02. The number of halogens is 1. The molecule has 0 aliphatic carbocycles. The van der Waals surface area contributed by atoms with Crippen molar-refractivity contribution in [2.45, 2.75) is 19.4 Å². The average Bonchev–Trinajstić information content (AvgIpc) is 2.58. The first-order chi connectivity index (χ1) is 6.70. The number of benzene rings is 1. The topological polar surface area (TPSA) is 26.3 Å². The van der Waals surface area contributed by atoms with Gasteiger partial charge in [0, 0.05) is 17.3 Å². The molecule has 1 atom stereocenters. The number of carbonyl (C=O) groups is 1. The van der Waals surface area contributed by atoms with E-state index in [4.69, 9.17) is 4.74 Å². The fourth-order valence-electron chi connectivity index (χ4n) is 1.63. The molecular formula is C11H11BrO2. The summed E-state index contributed by atoms with van der Waals surface area (Å²) in [5, 5.41) is 0.830. The van der Waals surface area contributed by atoms with Crippen molar-refractivity contribution in [3.63, 3.8) is 0 Å². The molecule has 14 heavy (non-hydrogen) atoms. The van der Waals surface area contributed by atoms with Gasteiger partial charge >= 0.3 is 0 Å². The molecule has 0 saturated carbocycles. The summed E-state index contributed by atoms with van der Waals surface area (Å²) in [6.07, 6.45) is 1.11. The third-order valence-electron chi connectivity index (χ3n) is 2.38. The van der Waals surface area contributed by atoms with Crippen LogP contribution in [-0.4, -0.2) is 17.2 Å². The van der Waals surface area contributed by atoms with Gasteiger partial charge in [0.25, 0.3) is 0 Å². The normalized spacial score (nSPS) is 18.9. The molecule has 1 aliphatic rings. The van der Waals surface area contributed by atoms with E-state index in [0.717, 1.165) is 28.6 Å². The fourth-order valence-corrected chi connectivity index (χ4v) is 1.99. The lowest BCUT2D eigenvalue weighted by Gasteiger charge is -2.04. The molecule has 0 aromatic heterocycles. The van der Waals surface area contributed by atoms with Gasteiger partial charge in [-0.3, -0.25) is 4.79 Å². The van der Waals surface area contributed by atoms with Crippen LogP contribution < -0.4 is 4.74 Å². The maximum atomic E-state index is 11.1. The predicted molar refractivity (Wildman–Crippen MR) is 58.4 cm³/mol. The minimum Gasteiger partial charge on any atom is -0.489 e. The Kier molecular flexibility index (Phi) is 2.59. The van der Waals surface area contributed by atoms with Crippen LogP contribution in [0.25, 0.3) is 0 Å². The van der Waals surface area contributed by atoms with Gasteiger partial charge < -0.3 is 4.74 Å². The quantitative estimate of drug-likeness (QED) is 0.599. The van der Waals surface area contributed by atoms with E-state index in [1.807, 2.05) is 18.2 Å². The highest BCUT2D eigenvalue weighted by atomic mass is 79.9. The second kappa shape index (κ2) is 3.73. The molecule has 0 N–H and O–H groups in total. The first-order valence-corrected chi connectivity index (χ1v) is 5.69. The zero-order valence-corrected chi connectivity index (χ0v) is 9.50. The number of hydrogen-bond donors (Lipinski definition) is 0. The number of ketones is 1. The summed E-state index contributed by atoms with van der Waals surface area (Å²) in [6.45, 7) is 1.58. The average molecular weight is 255 g/mol. The van der Waals surface area contributed by atoms with Crippen LogP contribution in [0.15, 0.2) is 18.2 Å². The Labute approximate surface area is 91.4 Å². The molecular weight excluding hydrogens is 244 g/mol. The Hall–Kier alpha value is -0.830. The lowest BCUT2D eigenvalue weighted by atomic mass is 10.1. The van der Waals surface area contributed by atoms with Crippen molar-refractivity contribution in [2.24, 2.45) is 0 Å². The molecule has 1 aromatic rings. The standard InChI is InChI=1S/C11H11BrO2/c1-7(13)8-2-3-11-9(4-8)5-10(6-12)14-11/h2-4,10H,5-6H2,1H3. The zero-order valence-electron chi connectivity index (χ0n) is 7.92. The molecule has 1 aromatic carbocycles. The highest BCUT2D eigenvalue weighted by Crippen LogP contribution is 2.30. The van der Waals surface area contributed by atoms with Crippen molar-refractivity contribution in [3.05, 3.63) is 29.3 Å². The molecule has 3 heteroatoms. The lowest BCUT2D eigenvalue weighted by Crippen LogP contribution is -2.13. The second-order valence-electron chi connectivity index (χ2n) is 3.48. The molecule has 0 amide bonds. The van der Waals surface area contributed by atoms with Gasteiger partial charge in [0.15, 0.2) is 5.78 Å². The maximum absolute atomic E-state index is 11.1. The van der Waals surface area contributed by atoms with Gasteiger partial charge in [0.05, 0.1) is 0 Å². The number of Topliss-reactive ketones (excluding diaryl/α,β-unsaturated/α-hetero) is 1. The van der Waals surface area contributed by atoms with E-state index in [9.17, 15) is 4.79 Å². The third-order valence-corrected chi connectivity index (χ3v) is 3.10. The van der Waals surface area contributed by atoms with E-state index in [0.29, 0.717) is 0 Å². The van der Waals surface area contributed by atoms with Gasteiger partial charge in [-0.15, -0.1) is 0 Å². The summed E-state index contributed by atoms with van der Waals surface area (Å²) in [6, 6.07) is 5.63. The summed E-state index contributed by atoms with van der Waals surface area (Å²) in [7, 11) is 0. The van der Waals surface area contributed by atoms with E-state index in [2.05, 4.69) is 15.9 Å². The number of hydrogen-bond acceptors (Lipinski definition) is 2. The van der Waals surface area contributed by atoms with Crippen molar-refractivity contribution in [1.82, 2.24) is 0 Å². The Morgan fingerprint density at radius 1 is 1.64 bits per heavy atom. The van der Waals surface area contributed by atoms with Crippen LogP contribution >= 0.6 is 15.9 Å². The summed E-state index contributed by atoms with van der Waals surface area (Å²) < 4.78 is 5.63. The number of ether oxygens (including phenoxy) is 1. The molecule has 0 bridgehead atoms. The van der Waals surface area contributed by atoms with Gasteiger partial charge in [-0.25, -0.2) is 0 Å². The molecule has 74 valence electrons. The van der Waals surface area contributed by atoms with Crippen molar-refractivity contribution < 1.29 is 9.53 Å². The summed E-state index contributed by atoms with van der Waals surface area (Å²) >= 11 is 3.39. The van der Waals surface area contributed by atoms with Crippen molar-refractivity contribution in [3.8, 4) is 5.75 Å².